The fourth-order valence-corrected chi connectivity index (χ4v) is 3.23. The quantitative estimate of drug-likeness (QED) is 0.642. The van der Waals surface area contributed by atoms with Gasteiger partial charge in [0.2, 0.25) is 10.0 Å². The lowest BCUT2D eigenvalue weighted by Crippen LogP contribution is -2.26. The van der Waals surface area contributed by atoms with Gasteiger partial charge in [0, 0.05) is 18.7 Å². The van der Waals surface area contributed by atoms with Crippen molar-refractivity contribution in [2.24, 2.45) is 0 Å². The van der Waals surface area contributed by atoms with E-state index >= 15 is 0 Å². The summed E-state index contributed by atoms with van der Waals surface area (Å²) in [5, 5.41) is 0. The Balaban J connectivity index is 3.33. The van der Waals surface area contributed by atoms with Crippen LogP contribution in [0.15, 0.2) is 28.0 Å². The van der Waals surface area contributed by atoms with Crippen molar-refractivity contribution in [1.82, 2.24) is 4.72 Å². The molecule has 1 aromatic rings. The number of hydrogen-bond acceptors (Lipinski definition) is 4. The Labute approximate surface area is 110 Å². The second-order valence-electron chi connectivity index (χ2n) is 3.45. The summed E-state index contributed by atoms with van der Waals surface area (Å²) in [6.07, 6.45) is 0.906. The SMILES string of the molecule is CS(=O)(=O)c1ccc(F)c(S(=O)(=O)NCCCl)c1. The second kappa shape index (κ2) is 5.52. The summed E-state index contributed by atoms with van der Waals surface area (Å²) in [6.45, 7) is -0.0770. The third kappa shape index (κ3) is 3.64. The van der Waals surface area contributed by atoms with Crippen molar-refractivity contribution in [1.29, 1.82) is 0 Å². The fourth-order valence-electron chi connectivity index (χ4n) is 1.17. The van der Waals surface area contributed by atoms with Crippen LogP contribution >= 0.6 is 11.6 Å². The van der Waals surface area contributed by atoms with Gasteiger partial charge in [0.25, 0.3) is 0 Å². The largest absolute Gasteiger partial charge is 0.243 e. The molecule has 0 saturated carbocycles. The molecule has 0 radical (unpaired) electrons. The van der Waals surface area contributed by atoms with Gasteiger partial charge in [-0.15, -0.1) is 11.6 Å². The van der Waals surface area contributed by atoms with E-state index in [1.54, 1.807) is 0 Å². The van der Waals surface area contributed by atoms with E-state index < -0.39 is 30.6 Å². The third-order valence-electron chi connectivity index (χ3n) is 2.01. The van der Waals surface area contributed by atoms with Gasteiger partial charge >= 0.3 is 0 Å². The van der Waals surface area contributed by atoms with Crippen molar-refractivity contribution in [2.45, 2.75) is 9.79 Å². The number of hydrogen-bond donors (Lipinski definition) is 1. The Morgan fingerprint density at radius 3 is 2.39 bits per heavy atom. The van der Waals surface area contributed by atoms with Crippen LogP contribution in [0, 0.1) is 5.82 Å². The molecule has 1 rings (SSSR count). The first-order chi connectivity index (χ1) is 8.18. The van der Waals surface area contributed by atoms with Gasteiger partial charge in [0.1, 0.15) is 10.7 Å². The van der Waals surface area contributed by atoms with E-state index in [1.807, 2.05) is 4.72 Å². The standard InChI is InChI=1S/C9H11ClFNO4S2/c1-17(13,14)7-2-3-8(11)9(6-7)18(15,16)12-5-4-10/h2-3,6,12H,4-5H2,1H3. The molecule has 0 spiro atoms. The first-order valence-electron chi connectivity index (χ1n) is 4.74. The van der Waals surface area contributed by atoms with Crippen LogP contribution in [0.25, 0.3) is 0 Å². The Morgan fingerprint density at radius 2 is 1.89 bits per heavy atom. The summed E-state index contributed by atoms with van der Waals surface area (Å²) in [6, 6.07) is 2.58. The van der Waals surface area contributed by atoms with Crippen molar-refractivity contribution in [3.63, 3.8) is 0 Å². The highest BCUT2D eigenvalue weighted by atomic mass is 35.5. The first kappa shape index (κ1) is 15.4. The van der Waals surface area contributed by atoms with E-state index in [4.69, 9.17) is 11.6 Å². The van der Waals surface area contributed by atoms with Crippen molar-refractivity contribution in [3.8, 4) is 0 Å². The van der Waals surface area contributed by atoms with Crippen molar-refractivity contribution >= 4 is 31.5 Å². The maximum atomic E-state index is 13.4. The lowest BCUT2D eigenvalue weighted by atomic mass is 10.3. The molecule has 0 aliphatic rings. The molecule has 0 aliphatic carbocycles. The zero-order chi connectivity index (χ0) is 14.0. The molecule has 0 aliphatic heterocycles. The van der Waals surface area contributed by atoms with E-state index in [0.29, 0.717) is 0 Å². The van der Waals surface area contributed by atoms with Crippen LogP contribution in [0.5, 0.6) is 0 Å². The number of rotatable bonds is 5. The molecule has 18 heavy (non-hydrogen) atoms. The van der Waals surface area contributed by atoms with Gasteiger partial charge in [-0.1, -0.05) is 0 Å². The summed E-state index contributed by atoms with van der Waals surface area (Å²) < 4.78 is 61.4. The third-order valence-corrected chi connectivity index (χ3v) is 4.78. The minimum absolute atomic E-state index is 0.0205. The molecule has 0 aromatic heterocycles. The predicted molar refractivity (Wildman–Crippen MR) is 65.4 cm³/mol. The Hall–Kier alpha value is -0.700. The van der Waals surface area contributed by atoms with Gasteiger partial charge in [0.15, 0.2) is 9.84 Å². The lowest BCUT2D eigenvalue weighted by Gasteiger charge is -2.07. The number of sulfone groups is 1. The monoisotopic (exact) mass is 315 g/mol. The van der Waals surface area contributed by atoms with Crippen LogP contribution < -0.4 is 4.72 Å². The van der Waals surface area contributed by atoms with E-state index in [2.05, 4.69) is 0 Å². The van der Waals surface area contributed by atoms with Gasteiger partial charge in [-0.2, -0.15) is 0 Å². The summed E-state index contributed by atoms with van der Waals surface area (Å²) in [5.74, 6) is -1.00. The van der Waals surface area contributed by atoms with Crippen LogP contribution in [-0.4, -0.2) is 35.5 Å². The minimum atomic E-state index is -4.11. The highest BCUT2D eigenvalue weighted by molar-refractivity contribution is 7.91. The van der Waals surface area contributed by atoms with E-state index in [0.717, 1.165) is 24.5 Å². The zero-order valence-corrected chi connectivity index (χ0v) is 11.7. The van der Waals surface area contributed by atoms with Crippen LogP contribution in [0.1, 0.15) is 0 Å². The Kier molecular flexibility index (Phi) is 4.71. The molecule has 0 heterocycles. The van der Waals surface area contributed by atoms with Gasteiger partial charge in [0.05, 0.1) is 4.90 Å². The van der Waals surface area contributed by atoms with Crippen LogP contribution in [-0.2, 0) is 19.9 Å². The molecular formula is C9H11ClFNO4S2. The van der Waals surface area contributed by atoms with Gasteiger partial charge in [-0.3, -0.25) is 0 Å². The summed E-state index contributed by atoms with van der Waals surface area (Å²) in [5.41, 5.74) is 0. The number of benzene rings is 1. The second-order valence-corrected chi connectivity index (χ2v) is 7.58. The fraction of sp³-hybridized carbons (Fsp3) is 0.333. The smallest absolute Gasteiger partial charge is 0.224 e. The van der Waals surface area contributed by atoms with E-state index in [1.165, 1.54) is 0 Å². The maximum Gasteiger partial charge on any atom is 0.243 e. The van der Waals surface area contributed by atoms with Crippen LogP contribution in [0.4, 0.5) is 4.39 Å². The number of sulfonamides is 1. The van der Waals surface area contributed by atoms with E-state index in [9.17, 15) is 21.2 Å². The number of halogens is 2. The van der Waals surface area contributed by atoms with Gasteiger partial charge < -0.3 is 0 Å². The van der Waals surface area contributed by atoms with Gasteiger partial charge in [-0.25, -0.2) is 25.9 Å². The molecular weight excluding hydrogens is 305 g/mol. The van der Waals surface area contributed by atoms with Gasteiger partial charge in [-0.05, 0) is 18.2 Å². The van der Waals surface area contributed by atoms with Crippen LogP contribution in [0.3, 0.4) is 0 Å². The van der Waals surface area contributed by atoms with Crippen molar-refractivity contribution in [3.05, 3.63) is 24.0 Å². The average molecular weight is 316 g/mol. The van der Waals surface area contributed by atoms with Crippen LogP contribution in [0.2, 0.25) is 0 Å². The van der Waals surface area contributed by atoms with Crippen molar-refractivity contribution in [2.75, 3.05) is 18.7 Å². The predicted octanol–water partition coefficient (Wildman–Crippen LogP) is 0.746. The number of nitrogens with one attached hydrogen (secondary N) is 1. The molecule has 102 valence electrons. The Morgan fingerprint density at radius 1 is 1.28 bits per heavy atom. The lowest BCUT2D eigenvalue weighted by molar-refractivity contribution is 0.556. The molecule has 0 unspecified atom stereocenters. The highest BCUT2D eigenvalue weighted by Crippen LogP contribution is 2.19. The zero-order valence-electron chi connectivity index (χ0n) is 9.35. The molecule has 0 saturated heterocycles. The molecule has 0 bridgehead atoms. The summed E-state index contributed by atoms with van der Waals surface area (Å²) in [4.78, 5) is -0.981. The maximum absolute atomic E-state index is 13.4. The first-order valence-corrected chi connectivity index (χ1v) is 8.64. The molecule has 0 amide bonds. The summed E-state index contributed by atoms with van der Waals surface area (Å²) >= 11 is 5.32. The average Bonchev–Trinajstić information content (AvgIpc) is 2.25. The molecule has 1 N–H and O–H groups in total. The molecule has 5 nitrogen and oxygen atoms in total. The molecule has 9 heteroatoms. The normalized spacial score (nSPS) is 12.6. The topological polar surface area (TPSA) is 80.3 Å². The molecule has 0 atom stereocenters. The molecule has 1 aromatic carbocycles. The van der Waals surface area contributed by atoms with E-state index in [-0.39, 0.29) is 17.3 Å². The highest BCUT2D eigenvalue weighted by Gasteiger charge is 2.21. The number of alkyl halides is 1. The Bertz CT molecular complexity index is 643. The van der Waals surface area contributed by atoms with Crippen molar-refractivity contribution < 1.29 is 21.2 Å². The minimum Gasteiger partial charge on any atom is -0.224 e. The molecule has 0 fully saturated rings. The summed E-state index contributed by atoms with van der Waals surface area (Å²) in [7, 11) is -7.72.